The summed E-state index contributed by atoms with van der Waals surface area (Å²) in [7, 11) is 1.47. The van der Waals surface area contributed by atoms with Crippen LogP contribution in [0.25, 0.3) is 0 Å². The first-order valence-electron chi connectivity index (χ1n) is 7.08. The van der Waals surface area contributed by atoms with Crippen molar-refractivity contribution in [1.29, 1.82) is 0 Å². The van der Waals surface area contributed by atoms with E-state index in [-0.39, 0.29) is 22.5 Å². The molecule has 0 atom stereocenters. The number of hydrogen-bond donors (Lipinski definition) is 1. The van der Waals surface area contributed by atoms with Crippen LogP contribution in [0, 0.1) is 5.92 Å². The molecular weight excluding hydrogens is 314 g/mol. The quantitative estimate of drug-likeness (QED) is 0.809. The van der Waals surface area contributed by atoms with Crippen molar-refractivity contribution in [1.82, 2.24) is 15.1 Å². The molecule has 0 radical (unpaired) electrons. The summed E-state index contributed by atoms with van der Waals surface area (Å²) in [5, 5.41) is 6.53. The molecule has 0 bridgehead atoms. The number of carbonyl (C=O) groups is 1. The molecule has 1 heterocycles. The second kappa shape index (κ2) is 5.96. The second-order valence-corrected chi connectivity index (χ2v) is 8.26. The highest BCUT2D eigenvalue weighted by atomic mass is 35.7. The number of halogens is 1. The van der Waals surface area contributed by atoms with Gasteiger partial charge in [-0.15, -0.1) is 0 Å². The van der Waals surface area contributed by atoms with E-state index in [9.17, 15) is 13.2 Å². The minimum absolute atomic E-state index is 0.0885. The molecule has 118 valence electrons. The lowest BCUT2D eigenvalue weighted by molar-refractivity contribution is 0.0712. The first-order valence-corrected chi connectivity index (χ1v) is 9.39. The van der Waals surface area contributed by atoms with E-state index < -0.39 is 9.05 Å². The second-order valence-electron chi connectivity index (χ2n) is 5.75. The molecule has 0 aliphatic heterocycles. The van der Waals surface area contributed by atoms with Gasteiger partial charge < -0.3 is 4.90 Å². The predicted octanol–water partition coefficient (Wildman–Crippen LogP) is 2.16. The number of aromatic nitrogens is 2. The van der Waals surface area contributed by atoms with Crippen molar-refractivity contribution in [2.75, 3.05) is 6.54 Å². The normalized spacial score (nSPS) is 15.5. The van der Waals surface area contributed by atoms with Crippen molar-refractivity contribution in [3.05, 3.63) is 11.4 Å². The molecule has 0 unspecified atom stereocenters. The van der Waals surface area contributed by atoms with Crippen molar-refractivity contribution in [2.45, 2.75) is 51.0 Å². The topological polar surface area (TPSA) is 83.1 Å². The molecule has 1 aromatic heterocycles. The Kier molecular flexibility index (Phi) is 4.63. The molecule has 1 aromatic rings. The third-order valence-corrected chi connectivity index (χ3v) is 4.79. The van der Waals surface area contributed by atoms with Gasteiger partial charge in [-0.3, -0.25) is 9.89 Å². The monoisotopic (exact) mass is 333 g/mol. The van der Waals surface area contributed by atoms with Crippen LogP contribution in [0.2, 0.25) is 0 Å². The van der Waals surface area contributed by atoms with Crippen LogP contribution in [0.1, 0.15) is 49.8 Å². The maximum atomic E-state index is 12.7. The molecule has 0 saturated heterocycles. The Morgan fingerprint density at radius 3 is 2.52 bits per heavy atom. The van der Waals surface area contributed by atoms with E-state index in [1.807, 2.05) is 13.8 Å². The van der Waals surface area contributed by atoms with Crippen LogP contribution in [-0.4, -0.2) is 42.0 Å². The predicted molar refractivity (Wildman–Crippen MR) is 79.9 cm³/mol. The van der Waals surface area contributed by atoms with E-state index in [1.165, 1.54) is 0 Å². The Balaban J connectivity index is 2.40. The summed E-state index contributed by atoms with van der Waals surface area (Å²) in [6.07, 6.45) is 2.31. The molecule has 1 fully saturated rings. The fourth-order valence-electron chi connectivity index (χ4n) is 2.33. The van der Waals surface area contributed by atoms with Crippen LogP contribution in [0.3, 0.4) is 0 Å². The van der Waals surface area contributed by atoms with Crippen molar-refractivity contribution in [2.24, 2.45) is 5.92 Å². The van der Waals surface area contributed by atoms with Gasteiger partial charge in [0, 0.05) is 23.3 Å². The van der Waals surface area contributed by atoms with Crippen LogP contribution in [0.5, 0.6) is 0 Å². The molecule has 21 heavy (non-hydrogen) atoms. The Hall–Kier alpha value is -1.08. The lowest BCUT2D eigenvalue weighted by atomic mass is 10.2. The van der Waals surface area contributed by atoms with E-state index in [0.717, 1.165) is 12.8 Å². The van der Waals surface area contributed by atoms with E-state index in [4.69, 9.17) is 10.7 Å². The zero-order valence-electron chi connectivity index (χ0n) is 12.4. The number of carbonyl (C=O) groups excluding carboxylic acids is 1. The minimum Gasteiger partial charge on any atom is -0.334 e. The summed E-state index contributed by atoms with van der Waals surface area (Å²) in [4.78, 5) is 14.2. The van der Waals surface area contributed by atoms with Crippen LogP contribution in [0.15, 0.2) is 4.90 Å². The van der Waals surface area contributed by atoms with Crippen molar-refractivity contribution in [3.8, 4) is 0 Å². The fraction of sp³-hybridized carbons (Fsp3) is 0.692. The molecular formula is C13H20ClN3O3S. The van der Waals surface area contributed by atoms with Crippen molar-refractivity contribution in [3.63, 3.8) is 0 Å². The zero-order valence-corrected chi connectivity index (χ0v) is 14.0. The Labute approximate surface area is 129 Å². The summed E-state index contributed by atoms with van der Waals surface area (Å²) in [6.45, 7) is 6.40. The number of hydrogen-bond acceptors (Lipinski definition) is 4. The number of nitrogens with one attached hydrogen (secondary N) is 1. The van der Waals surface area contributed by atoms with E-state index >= 15 is 0 Å². The number of rotatable bonds is 6. The summed E-state index contributed by atoms with van der Waals surface area (Å²) in [5.74, 6) is -0.0587. The number of aromatic amines is 1. The van der Waals surface area contributed by atoms with E-state index in [2.05, 4.69) is 10.2 Å². The molecule has 1 saturated carbocycles. The zero-order chi connectivity index (χ0) is 15.8. The minimum atomic E-state index is -4.01. The van der Waals surface area contributed by atoms with Crippen molar-refractivity contribution < 1.29 is 13.2 Å². The van der Waals surface area contributed by atoms with Crippen molar-refractivity contribution >= 4 is 25.6 Å². The fourth-order valence-corrected chi connectivity index (χ4v) is 3.68. The molecule has 1 aliphatic carbocycles. The molecule has 6 nitrogen and oxygen atoms in total. The van der Waals surface area contributed by atoms with Crippen LogP contribution in [0.4, 0.5) is 0 Å². The molecule has 1 aliphatic rings. The number of H-pyrrole nitrogens is 1. The van der Waals surface area contributed by atoms with Crippen LogP contribution in [-0.2, 0) is 15.5 Å². The van der Waals surface area contributed by atoms with Gasteiger partial charge in [-0.25, -0.2) is 8.42 Å². The van der Waals surface area contributed by atoms with Crippen LogP contribution >= 0.6 is 10.7 Å². The Bertz CT molecular complexity index is 635. The number of amides is 1. The molecule has 2 rings (SSSR count). The third-order valence-electron chi connectivity index (χ3n) is 3.40. The Morgan fingerprint density at radius 1 is 1.48 bits per heavy atom. The van der Waals surface area contributed by atoms with Crippen LogP contribution < -0.4 is 0 Å². The molecule has 1 amide bonds. The van der Waals surface area contributed by atoms with Gasteiger partial charge in [0.15, 0.2) is 5.69 Å². The molecule has 8 heteroatoms. The summed E-state index contributed by atoms with van der Waals surface area (Å²) >= 11 is 0. The maximum absolute atomic E-state index is 12.7. The standard InChI is InChI=1S/C13H20ClN3O3S/c1-4-10-12(21(14,19)20)11(16-15-10)13(18)17(7-8(2)3)9-5-6-9/h8-9H,4-7H2,1-3H3,(H,15,16). The van der Waals surface area contributed by atoms with Gasteiger partial charge in [0.1, 0.15) is 4.90 Å². The number of nitrogens with zero attached hydrogens (tertiary/aromatic N) is 2. The number of aryl methyl sites for hydroxylation is 1. The maximum Gasteiger partial charge on any atom is 0.276 e. The SMILES string of the molecule is CCc1[nH]nc(C(=O)N(CC(C)C)C2CC2)c1S(=O)(=O)Cl. The van der Waals surface area contributed by atoms with E-state index in [1.54, 1.807) is 11.8 Å². The highest BCUT2D eigenvalue weighted by Crippen LogP contribution is 2.31. The average Bonchev–Trinajstić information content (AvgIpc) is 3.11. The third kappa shape index (κ3) is 3.58. The first-order chi connectivity index (χ1) is 9.75. The first kappa shape index (κ1) is 16.3. The van der Waals surface area contributed by atoms with Gasteiger partial charge >= 0.3 is 0 Å². The smallest absolute Gasteiger partial charge is 0.276 e. The molecule has 0 spiro atoms. The summed E-state index contributed by atoms with van der Waals surface area (Å²) in [5.41, 5.74) is 0.281. The van der Waals surface area contributed by atoms with Gasteiger partial charge in [0.25, 0.3) is 15.0 Å². The highest BCUT2D eigenvalue weighted by Gasteiger charge is 2.37. The lowest BCUT2D eigenvalue weighted by Crippen LogP contribution is -2.36. The van der Waals surface area contributed by atoms with Gasteiger partial charge in [-0.2, -0.15) is 5.10 Å². The summed E-state index contributed by atoms with van der Waals surface area (Å²) < 4.78 is 23.5. The Morgan fingerprint density at radius 2 is 2.10 bits per heavy atom. The molecule has 1 N–H and O–H groups in total. The van der Waals surface area contributed by atoms with Gasteiger partial charge in [-0.05, 0) is 25.2 Å². The molecule has 0 aromatic carbocycles. The summed E-state index contributed by atoms with van der Waals surface area (Å²) in [6, 6.07) is 0.188. The van der Waals surface area contributed by atoms with Gasteiger partial charge in [0.05, 0.1) is 5.69 Å². The average molecular weight is 334 g/mol. The largest absolute Gasteiger partial charge is 0.334 e. The van der Waals surface area contributed by atoms with Gasteiger partial charge in [0.2, 0.25) is 0 Å². The lowest BCUT2D eigenvalue weighted by Gasteiger charge is -2.23. The van der Waals surface area contributed by atoms with E-state index in [0.29, 0.717) is 24.6 Å². The van der Waals surface area contributed by atoms with Gasteiger partial charge in [-0.1, -0.05) is 20.8 Å². The highest BCUT2D eigenvalue weighted by molar-refractivity contribution is 8.13.